The van der Waals surface area contributed by atoms with Crippen LogP contribution in [0, 0.1) is 0 Å². The minimum absolute atomic E-state index is 0.190. The van der Waals surface area contributed by atoms with Crippen molar-refractivity contribution in [1.82, 2.24) is 14.9 Å². The molecule has 2 aromatic carbocycles. The van der Waals surface area contributed by atoms with Gasteiger partial charge in [0.2, 0.25) is 11.9 Å². The lowest BCUT2D eigenvalue weighted by Gasteiger charge is -2.34. The van der Waals surface area contributed by atoms with Crippen molar-refractivity contribution in [2.45, 2.75) is 12.8 Å². The van der Waals surface area contributed by atoms with E-state index in [1.165, 1.54) is 0 Å². The number of aromatic nitrogens is 2. The minimum Gasteiger partial charge on any atom is -0.493 e. The second-order valence-electron chi connectivity index (χ2n) is 6.85. The van der Waals surface area contributed by atoms with Crippen molar-refractivity contribution in [3.8, 4) is 5.75 Å². The Kier molecular flexibility index (Phi) is 5.66. The smallest absolute Gasteiger partial charge is 0.225 e. The van der Waals surface area contributed by atoms with Gasteiger partial charge in [0, 0.05) is 50.4 Å². The molecule has 1 aliphatic heterocycles. The number of anilines is 1. The topological polar surface area (TPSA) is 58.6 Å². The molecule has 2 heterocycles. The number of hydrogen-bond donors (Lipinski definition) is 0. The van der Waals surface area contributed by atoms with Crippen LogP contribution < -0.4 is 9.64 Å². The van der Waals surface area contributed by atoms with Gasteiger partial charge in [-0.2, -0.15) is 0 Å². The Morgan fingerprint density at radius 3 is 2.50 bits per heavy atom. The highest BCUT2D eigenvalue weighted by molar-refractivity contribution is 5.88. The maximum absolute atomic E-state index is 12.5. The van der Waals surface area contributed by atoms with E-state index in [0.717, 1.165) is 35.6 Å². The number of piperazine rings is 1. The van der Waals surface area contributed by atoms with Crippen molar-refractivity contribution in [2.24, 2.45) is 0 Å². The van der Waals surface area contributed by atoms with E-state index in [1.807, 2.05) is 35.2 Å². The van der Waals surface area contributed by atoms with E-state index in [9.17, 15) is 4.79 Å². The predicted molar refractivity (Wildman–Crippen MR) is 110 cm³/mol. The number of carbonyl (C=O) groups is 1. The lowest BCUT2D eigenvalue weighted by atomic mass is 10.1. The second-order valence-corrected chi connectivity index (χ2v) is 6.85. The predicted octanol–water partition coefficient (Wildman–Crippen LogP) is 3.14. The van der Waals surface area contributed by atoms with Crippen LogP contribution in [0.25, 0.3) is 10.8 Å². The Labute approximate surface area is 164 Å². The summed E-state index contributed by atoms with van der Waals surface area (Å²) >= 11 is 0. The number of fused-ring (bicyclic) bond motifs is 1. The summed E-state index contributed by atoms with van der Waals surface area (Å²) in [6.45, 7) is 3.49. The number of rotatable bonds is 6. The molecule has 0 saturated carbocycles. The lowest BCUT2D eigenvalue weighted by molar-refractivity contribution is -0.131. The molecule has 0 bridgehead atoms. The van der Waals surface area contributed by atoms with Crippen LogP contribution in [0.15, 0.2) is 60.9 Å². The fourth-order valence-corrected chi connectivity index (χ4v) is 3.50. The van der Waals surface area contributed by atoms with E-state index in [0.29, 0.717) is 32.5 Å². The number of benzene rings is 2. The number of ether oxygens (including phenoxy) is 1. The van der Waals surface area contributed by atoms with Gasteiger partial charge in [0.05, 0.1) is 6.61 Å². The molecule has 1 fully saturated rings. The molecule has 0 spiro atoms. The third-order valence-corrected chi connectivity index (χ3v) is 5.01. The molecule has 144 valence electrons. The normalized spacial score (nSPS) is 14.3. The third-order valence-electron chi connectivity index (χ3n) is 5.01. The van der Waals surface area contributed by atoms with Gasteiger partial charge >= 0.3 is 0 Å². The van der Waals surface area contributed by atoms with E-state index < -0.39 is 0 Å². The minimum atomic E-state index is 0.190. The van der Waals surface area contributed by atoms with Crippen LogP contribution in [0.5, 0.6) is 5.75 Å². The molecule has 1 aliphatic rings. The maximum Gasteiger partial charge on any atom is 0.225 e. The lowest BCUT2D eigenvalue weighted by Crippen LogP contribution is -2.49. The fraction of sp³-hybridized carbons (Fsp3) is 0.318. The molecule has 4 rings (SSSR count). The van der Waals surface area contributed by atoms with Crippen LogP contribution in [0.2, 0.25) is 0 Å². The SMILES string of the molecule is O=C(CCCOc1cccc2ccccc12)N1CCN(c2ncccn2)CC1. The molecule has 0 unspecified atom stereocenters. The van der Waals surface area contributed by atoms with Crippen LogP contribution >= 0.6 is 0 Å². The van der Waals surface area contributed by atoms with Crippen molar-refractivity contribution < 1.29 is 9.53 Å². The first kappa shape index (κ1) is 18.2. The summed E-state index contributed by atoms with van der Waals surface area (Å²) in [7, 11) is 0. The highest BCUT2D eigenvalue weighted by Crippen LogP contribution is 2.25. The van der Waals surface area contributed by atoms with E-state index in [1.54, 1.807) is 12.4 Å². The molecule has 0 N–H and O–H groups in total. The average Bonchev–Trinajstić information content (AvgIpc) is 2.77. The third kappa shape index (κ3) is 4.22. The Balaban J connectivity index is 1.22. The van der Waals surface area contributed by atoms with Crippen molar-refractivity contribution in [3.63, 3.8) is 0 Å². The zero-order valence-corrected chi connectivity index (χ0v) is 15.8. The van der Waals surface area contributed by atoms with Crippen LogP contribution in [-0.4, -0.2) is 53.6 Å². The number of hydrogen-bond acceptors (Lipinski definition) is 5. The van der Waals surface area contributed by atoms with Gasteiger partial charge in [0.15, 0.2) is 0 Å². The van der Waals surface area contributed by atoms with E-state index in [4.69, 9.17) is 4.74 Å². The van der Waals surface area contributed by atoms with Crippen molar-refractivity contribution in [1.29, 1.82) is 0 Å². The van der Waals surface area contributed by atoms with Gasteiger partial charge in [-0.3, -0.25) is 4.79 Å². The monoisotopic (exact) mass is 376 g/mol. The summed E-state index contributed by atoms with van der Waals surface area (Å²) in [5.74, 6) is 1.80. The van der Waals surface area contributed by atoms with Crippen LogP contribution in [0.3, 0.4) is 0 Å². The van der Waals surface area contributed by atoms with Gasteiger partial charge in [0.25, 0.3) is 0 Å². The van der Waals surface area contributed by atoms with Crippen LogP contribution in [-0.2, 0) is 4.79 Å². The molecule has 1 aromatic heterocycles. The molecule has 0 aliphatic carbocycles. The first-order valence-corrected chi connectivity index (χ1v) is 9.71. The summed E-state index contributed by atoms with van der Waals surface area (Å²) < 4.78 is 5.94. The van der Waals surface area contributed by atoms with Gasteiger partial charge in [-0.25, -0.2) is 9.97 Å². The van der Waals surface area contributed by atoms with Gasteiger partial charge in [0.1, 0.15) is 5.75 Å². The van der Waals surface area contributed by atoms with Crippen molar-refractivity contribution in [2.75, 3.05) is 37.7 Å². The summed E-state index contributed by atoms with van der Waals surface area (Å²) in [5.41, 5.74) is 0. The first-order valence-electron chi connectivity index (χ1n) is 9.71. The van der Waals surface area contributed by atoms with Gasteiger partial charge in [-0.05, 0) is 23.9 Å². The molecule has 1 amide bonds. The summed E-state index contributed by atoms with van der Waals surface area (Å²) in [6.07, 6.45) is 4.71. The number of nitrogens with zero attached hydrogens (tertiary/aromatic N) is 4. The quantitative estimate of drug-likeness (QED) is 0.619. The van der Waals surface area contributed by atoms with E-state index in [-0.39, 0.29) is 5.91 Å². The van der Waals surface area contributed by atoms with E-state index in [2.05, 4.69) is 33.1 Å². The van der Waals surface area contributed by atoms with Crippen LogP contribution in [0.1, 0.15) is 12.8 Å². The number of carbonyl (C=O) groups excluding carboxylic acids is 1. The molecule has 6 heteroatoms. The molecular formula is C22H24N4O2. The largest absolute Gasteiger partial charge is 0.493 e. The highest BCUT2D eigenvalue weighted by atomic mass is 16.5. The Bertz CT molecular complexity index is 919. The first-order chi connectivity index (χ1) is 13.8. The second kappa shape index (κ2) is 8.69. The molecule has 6 nitrogen and oxygen atoms in total. The molecule has 0 radical (unpaired) electrons. The zero-order chi connectivity index (χ0) is 19.2. The zero-order valence-electron chi connectivity index (χ0n) is 15.8. The fourth-order valence-electron chi connectivity index (χ4n) is 3.50. The maximum atomic E-state index is 12.5. The Morgan fingerprint density at radius 1 is 0.929 bits per heavy atom. The average molecular weight is 376 g/mol. The molecule has 0 atom stereocenters. The molecule has 3 aromatic rings. The highest BCUT2D eigenvalue weighted by Gasteiger charge is 2.22. The molecule has 1 saturated heterocycles. The van der Waals surface area contributed by atoms with Gasteiger partial charge < -0.3 is 14.5 Å². The summed E-state index contributed by atoms with van der Waals surface area (Å²) in [6, 6.07) is 16.0. The molecule has 28 heavy (non-hydrogen) atoms. The summed E-state index contributed by atoms with van der Waals surface area (Å²) in [4.78, 5) is 25.1. The number of amides is 1. The van der Waals surface area contributed by atoms with Crippen molar-refractivity contribution >= 4 is 22.6 Å². The van der Waals surface area contributed by atoms with Gasteiger partial charge in [-0.1, -0.05) is 36.4 Å². The van der Waals surface area contributed by atoms with Crippen molar-refractivity contribution in [3.05, 3.63) is 60.9 Å². The Hall–Kier alpha value is -3.15. The van der Waals surface area contributed by atoms with Gasteiger partial charge in [-0.15, -0.1) is 0 Å². The van der Waals surface area contributed by atoms with Crippen LogP contribution in [0.4, 0.5) is 5.95 Å². The Morgan fingerprint density at radius 2 is 1.68 bits per heavy atom. The molecular weight excluding hydrogens is 352 g/mol. The summed E-state index contributed by atoms with van der Waals surface area (Å²) in [5, 5.41) is 2.27. The standard InChI is InChI=1S/C22H24N4O2/c27-21(25-13-15-26(16-14-25)22-23-11-5-12-24-22)10-4-17-28-20-9-3-7-18-6-1-2-8-19(18)20/h1-3,5-9,11-12H,4,10,13-17H2. The van der Waals surface area contributed by atoms with E-state index >= 15 is 0 Å².